The van der Waals surface area contributed by atoms with E-state index in [1.54, 1.807) is 6.07 Å². The summed E-state index contributed by atoms with van der Waals surface area (Å²) in [5.41, 5.74) is 8.51. The zero-order valence-electron chi connectivity index (χ0n) is 10.4. The lowest BCUT2D eigenvalue weighted by molar-refractivity contribution is 0.319. The number of halogens is 1. The molecule has 2 N–H and O–H groups in total. The zero-order valence-corrected chi connectivity index (χ0v) is 10.4. The Labute approximate surface area is 107 Å². The third kappa shape index (κ3) is 3.31. The number of hydrogen-bond donors (Lipinski definition) is 1. The van der Waals surface area contributed by atoms with Crippen LogP contribution in [0.3, 0.4) is 0 Å². The molecule has 0 aliphatic heterocycles. The van der Waals surface area contributed by atoms with E-state index in [1.165, 1.54) is 17.7 Å². The molecule has 0 aromatic heterocycles. The fourth-order valence-electron chi connectivity index (χ4n) is 1.95. The van der Waals surface area contributed by atoms with Gasteiger partial charge in [-0.3, -0.25) is 4.90 Å². The first-order chi connectivity index (χ1) is 8.65. The maximum absolute atomic E-state index is 12.9. The van der Waals surface area contributed by atoms with Crippen LogP contribution >= 0.6 is 0 Å². The molecule has 0 radical (unpaired) electrons. The van der Waals surface area contributed by atoms with Gasteiger partial charge >= 0.3 is 0 Å². The van der Waals surface area contributed by atoms with Crippen LogP contribution in [0.25, 0.3) is 0 Å². The summed E-state index contributed by atoms with van der Waals surface area (Å²) in [4.78, 5) is 2.15. The standard InChI is InChI=1S/C15H17FN2/c1-18(10-12-5-3-2-4-6-12)11-13-7-8-14(16)9-15(13)17/h2-9H,10-11,17H2,1H3. The molecule has 0 atom stereocenters. The second-order valence-electron chi connectivity index (χ2n) is 4.50. The third-order valence-corrected chi connectivity index (χ3v) is 2.84. The molecular formula is C15H17FN2. The predicted molar refractivity (Wildman–Crippen MR) is 72.4 cm³/mol. The highest BCUT2D eigenvalue weighted by atomic mass is 19.1. The lowest BCUT2D eigenvalue weighted by Gasteiger charge is -2.18. The van der Waals surface area contributed by atoms with Gasteiger partial charge in [-0.1, -0.05) is 36.4 Å². The van der Waals surface area contributed by atoms with E-state index in [4.69, 9.17) is 5.73 Å². The van der Waals surface area contributed by atoms with Crippen LogP contribution in [0.4, 0.5) is 10.1 Å². The van der Waals surface area contributed by atoms with Crippen LogP contribution in [-0.2, 0) is 13.1 Å². The molecule has 0 saturated carbocycles. The van der Waals surface area contributed by atoms with Gasteiger partial charge in [-0.15, -0.1) is 0 Å². The number of nitrogens with zero attached hydrogens (tertiary/aromatic N) is 1. The van der Waals surface area contributed by atoms with E-state index in [0.29, 0.717) is 12.2 Å². The monoisotopic (exact) mass is 244 g/mol. The Bertz CT molecular complexity index is 511. The van der Waals surface area contributed by atoms with Gasteiger partial charge in [-0.2, -0.15) is 0 Å². The van der Waals surface area contributed by atoms with Gasteiger partial charge in [0.1, 0.15) is 5.82 Å². The summed E-state index contributed by atoms with van der Waals surface area (Å²) >= 11 is 0. The SMILES string of the molecule is CN(Cc1ccccc1)Cc1ccc(F)cc1N. The Balaban J connectivity index is 2.01. The molecule has 0 amide bonds. The summed E-state index contributed by atoms with van der Waals surface area (Å²) in [6.45, 7) is 1.55. The van der Waals surface area contributed by atoms with Gasteiger partial charge in [-0.05, 0) is 30.3 Å². The molecule has 0 heterocycles. The fraction of sp³-hybridized carbons (Fsp3) is 0.200. The van der Waals surface area contributed by atoms with Gasteiger partial charge in [0.05, 0.1) is 0 Å². The topological polar surface area (TPSA) is 29.3 Å². The van der Waals surface area contributed by atoms with Crippen LogP contribution in [0.5, 0.6) is 0 Å². The first-order valence-corrected chi connectivity index (χ1v) is 5.91. The molecular weight excluding hydrogens is 227 g/mol. The van der Waals surface area contributed by atoms with Gasteiger partial charge in [0, 0.05) is 18.8 Å². The second kappa shape index (κ2) is 5.65. The van der Waals surface area contributed by atoms with Crippen molar-refractivity contribution in [3.8, 4) is 0 Å². The number of anilines is 1. The maximum atomic E-state index is 12.9. The first kappa shape index (κ1) is 12.6. The Morgan fingerprint density at radius 2 is 1.78 bits per heavy atom. The third-order valence-electron chi connectivity index (χ3n) is 2.84. The van der Waals surface area contributed by atoms with Crippen molar-refractivity contribution in [2.24, 2.45) is 0 Å². The van der Waals surface area contributed by atoms with Crippen molar-refractivity contribution in [2.75, 3.05) is 12.8 Å². The van der Waals surface area contributed by atoms with Crippen molar-refractivity contribution < 1.29 is 4.39 Å². The van der Waals surface area contributed by atoms with Crippen LogP contribution in [0.2, 0.25) is 0 Å². The Morgan fingerprint density at radius 1 is 1.06 bits per heavy atom. The fourth-order valence-corrected chi connectivity index (χ4v) is 1.95. The second-order valence-corrected chi connectivity index (χ2v) is 4.50. The molecule has 94 valence electrons. The number of rotatable bonds is 4. The van der Waals surface area contributed by atoms with Crippen molar-refractivity contribution in [1.82, 2.24) is 4.90 Å². The number of benzene rings is 2. The van der Waals surface area contributed by atoms with Crippen LogP contribution in [0.1, 0.15) is 11.1 Å². The van der Waals surface area contributed by atoms with Crippen molar-refractivity contribution >= 4 is 5.69 Å². The highest BCUT2D eigenvalue weighted by molar-refractivity contribution is 5.46. The molecule has 0 aliphatic carbocycles. The molecule has 0 spiro atoms. The average Bonchev–Trinajstić information content (AvgIpc) is 2.34. The van der Waals surface area contributed by atoms with Gasteiger partial charge in [0.15, 0.2) is 0 Å². The largest absolute Gasteiger partial charge is 0.398 e. The van der Waals surface area contributed by atoms with Gasteiger partial charge in [0.2, 0.25) is 0 Å². The number of nitrogen functional groups attached to an aromatic ring is 1. The molecule has 2 nitrogen and oxygen atoms in total. The van der Waals surface area contributed by atoms with E-state index < -0.39 is 0 Å². The van der Waals surface area contributed by atoms with Crippen LogP contribution < -0.4 is 5.73 Å². The summed E-state index contributed by atoms with van der Waals surface area (Å²) in [5, 5.41) is 0. The van der Waals surface area contributed by atoms with E-state index in [1.807, 2.05) is 25.2 Å². The summed E-state index contributed by atoms with van der Waals surface area (Å²) in [7, 11) is 2.02. The molecule has 0 aliphatic rings. The highest BCUT2D eigenvalue weighted by Crippen LogP contribution is 2.16. The van der Waals surface area contributed by atoms with E-state index in [-0.39, 0.29) is 5.82 Å². The number of hydrogen-bond acceptors (Lipinski definition) is 2. The summed E-state index contributed by atoms with van der Waals surface area (Å²) in [6.07, 6.45) is 0. The lowest BCUT2D eigenvalue weighted by atomic mass is 10.1. The molecule has 18 heavy (non-hydrogen) atoms. The Kier molecular flexibility index (Phi) is 3.95. The minimum atomic E-state index is -0.290. The number of nitrogens with two attached hydrogens (primary N) is 1. The van der Waals surface area contributed by atoms with Crippen LogP contribution in [0.15, 0.2) is 48.5 Å². The van der Waals surface area contributed by atoms with Crippen LogP contribution in [0, 0.1) is 5.82 Å². The zero-order chi connectivity index (χ0) is 13.0. The molecule has 3 heteroatoms. The van der Waals surface area contributed by atoms with Gasteiger partial charge < -0.3 is 5.73 Å². The molecule has 2 rings (SSSR count). The van der Waals surface area contributed by atoms with Gasteiger partial charge in [0.25, 0.3) is 0 Å². The van der Waals surface area contributed by atoms with E-state index >= 15 is 0 Å². The summed E-state index contributed by atoms with van der Waals surface area (Å²) in [5.74, 6) is -0.290. The quantitative estimate of drug-likeness (QED) is 0.838. The molecule has 2 aromatic rings. The molecule has 0 fully saturated rings. The van der Waals surface area contributed by atoms with Crippen molar-refractivity contribution in [3.63, 3.8) is 0 Å². The molecule has 0 bridgehead atoms. The minimum absolute atomic E-state index is 0.290. The Hall–Kier alpha value is -1.87. The van der Waals surface area contributed by atoms with E-state index in [2.05, 4.69) is 17.0 Å². The van der Waals surface area contributed by atoms with E-state index in [0.717, 1.165) is 12.1 Å². The first-order valence-electron chi connectivity index (χ1n) is 5.91. The van der Waals surface area contributed by atoms with Crippen molar-refractivity contribution in [1.29, 1.82) is 0 Å². The normalized spacial score (nSPS) is 10.8. The van der Waals surface area contributed by atoms with E-state index in [9.17, 15) is 4.39 Å². The smallest absolute Gasteiger partial charge is 0.125 e. The molecule has 0 saturated heterocycles. The van der Waals surface area contributed by atoms with Gasteiger partial charge in [-0.25, -0.2) is 4.39 Å². The summed E-state index contributed by atoms with van der Waals surface area (Å²) in [6, 6.07) is 14.8. The molecule has 0 unspecified atom stereocenters. The average molecular weight is 244 g/mol. The predicted octanol–water partition coefficient (Wildman–Crippen LogP) is 3.04. The van der Waals surface area contributed by atoms with Crippen molar-refractivity contribution in [3.05, 3.63) is 65.5 Å². The Morgan fingerprint density at radius 3 is 2.44 bits per heavy atom. The van der Waals surface area contributed by atoms with Crippen LogP contribution in [-0.4, -0.2) is 11.9 Å². The summed E-state index contributed by atoms with van der Waals surface area (Å²) < 4.78 is 12.9. The lowest BCUT2D eigenvalue weighted by Crippen LogP contribution is -2.18. The molecule has 2 aromatic carbocycles. The van der Waals surface area contributed by atoms with Crippen molar-refractivity contribution in [2.45, 2.75) is 13.1 Å². The highest BCUT2D eigenvalue weighted by Gasteiger charge is 2.05. The minimum Gasteiger partial charge on any atom is -0.398 e. The maximum Gasteiger partial charge on any atom is 0.125 e.